The number of carbonyl (C=O) groups excluding carboxylic acids is 2. The monoisotopic (exact) mass is 574 g/mol. The van der Waals surface area contributed by atoms with Crippen LogP contribution in [0.3, 0.4) is 0 Å². The molecular formula is C29H47FN8O3. The number of rotatable bonds is 13. The summed E-state index contributed by atoms with van der Waals surface area (Å²) < 4.78 is 13.0. The van der Waals surface area contributed by atoms with E-state index >= 15 is 0 Å². The minimum atomic E-state index is -0.590. The van der Waals surface area contributed by atoms with Gasteiger partial charge in [-0.3, -0.25) is 9.59 Å². The summed E-state index contributed by atoms with van der Waals surface area (Å²) in [5.41, 5.74) is 1.06. The Balaban J connectivity index is -0.00000255. The molecule has 2 amide bonds. The van der Waals surface area contributed by atoms with Crippen LogP contribution in [0.4, 0.5) is 21.8 Å². The van der Waals surface area contributed by atoms with Crippen LogP contribution in [0.1, 0.15) is 35.1 Å². The maximum absolute atomic E-state index is 13.0. The molecule has 0 fully saturated rings. The van der Waals surface area contributed by atoms with E-state index in [2.05, 4.69) is 55.9 Å². The van der Waals surface area contributed by atoms with Crippen molar-refractivity contribution >= 4 is 29.3 Å². The number of hydrogen-bond donors (Lipinski definition) is 4. The third-order valence-electron chi connectivity index (χ3n) is 4.69. The van der Waals surface area contributed by atoms with E-state index in [0.717, 1.165) is 0 Å². The number of likely N-dealkylation sites (N-methyl/N-ethyl adjacent to an activating group) is 2. The second kappa shape index (κ2) is 22.5. The zero-order valence-electron chi connectivity index (χ0n) is 24.7. The van der Waals surface area contributed by atoms with Gasteiger partial charge in [0.1, 0.15) is 5.82 Å². The minimum Gasteiger partial charge on any atom is -0.395 e. The van der Waals surface area contributed by atoms with Crippen LogP contribution in [0.2, 0.25) is 0 Å². The first-order chi connectivity index (χ1) is 19.8. The Morgan fingerprint density at radius 2 is 1.88 bits per heavy atom. The average Bonchev–Trinajstić information content (AvgIpc) is 2.97. The lowest BCUT2D eigenvalue weighted by Crippen LogP contribution is -2.38. The van der Waals surface area contributed by atoms with Crippen molar-refractivity contribution in [1.29, 1.82) is 0 Å². The van der Waals surface area contributed by atoms with E-state index < -0.39 is 5.95 Å². The summed E-state index contributed by atoms with van der Waals surface area (Å²) in [7, 11) is 5.39. The molecule has 0 aromatic carbocycles. The van der Waals surface area contributed by atoms with Gasteiger partial charge in [0.25, 0.3) is 0 Å². The number of anilines is 3. The molecule has 2 aromatic heterocycles. The Morgan fingerprint density at radius 3 is 2.51 bits per heavy atom. The fourth-order valence-electron chi connectivity index (χ4n) is 2.82. The van der Waals surface area contributed by atoms with Crippen molar-refractivity contribution in [2.45, 2.75) is 26.7 Å². The molecule has 12 heteroatoms. The van der Waals surface area contributed by atoms with Crippen molar-refractivity contribution in [2.75, 3.05) is 64.6 Å². The molecule has 0 atom stereocenters. The lowest BCUT2D eigenvalue weighted by molar-refractivity contribution is -0.131. The molecule has 0 saturated heterocycles. The van der Waals surface area contributed by atoms with Gasteiger partial charge >= 0.3 is 0 Å². The predicted molar refractivity (Wildman–Crippen MR) is 166 cm³/mol. The maximum Gasteiger partial charge on any atom is 0.246 e. The highest BCUT2D eigenvalue weighted by atomic mass is 19.1. The number of aliphatic hydroxyl groups excluding tert-OH is 1. The van der Waals surface area contributed by atoms with Crippen molar-refractivity contribution < 1.29 is 21.9 Å². The van der Waals surface area contributed by atoms with Gasteiger partial charge in [-0.2, -0.15) is 9.37 Å². The SMILES string of the molecule is C=C.CC.CN(C)C/C=C/C(=O)N(C)CC(=O)NCCCC#Cc1cnc(Nc2ccc(F)nc2)nc1NCCO.[HH].[HH]. The second-order valence-corrected chi connectivity index (χ2v) is 8.22. The Morgan fingerprint density at radius 1 is 1.15 bits per heavy atom. The third kappa shape index (κ3) is 16.4. The number of nitrogens with one attached hydrogen (secondary N) is 3. The smallest absolute Gasteiger partial charge is 0.246 e. The molecule has 0 aliphatic carbocycles. The van der Waals surface area contributed by atoms with E-state index in [1.54, 1.807) is 19.3 Å². The summed E-state index contributed by atoms with van der Waals surface area (Å²) in [6.07, 6.45) is 7.21. The highest BCUT2D eigenvalue weighted by Gasteiger charge is 2.10. The number of pyridine rings is 1. The molecule has 0 aliphatic rings. The van der Waals surface area contributed by atoms with Crippen LogP contribution in [0.25, 0.3) is 0 Å². The van der Waals surface area contributed by atoms with E-state index in [4.69, 9.17) is 5.11 Å². The molecule has 11 nitrogen and oxygen atoms in total. The van der Waals surface area contributed by atoms with Crippen LogP contribution < -0.4 is 16.0 Å². The molecule has 0 saturated carbocycles. The molecule has 4 N–H and O–H groups in total. The molecule has 2 rings (SSSR count). The third-order valence-corrected chi connectivity index (χ3v) is 4.69. The van der Waals surface area contributed by atoms with Gasteiger partial charge < -0.3 is 30.9 Å². The summed E-state index contributed by atoms with van der Waals surface area (Å²) in [4.78, 5) is 39.5. The van der Waals surface area contributed by atoms with E-state index in [-0.39, 0.29) is 40.3 Å². The Hall–Kier alpha value is -4.34. The number of aromatic nitrogens is 3. The molecule has 228 valence electrons. The fourth-order valence-corrected chi connectivity index (χ4v) is 2.82. The van der Waals surface area contributed by atoms with Gasteiger partial charge in [0.2, 0.25) is 23.7 Å². The Labute approximate surface area is 245 Å². The fraction of sp³-hybridized carbons (Fsp3) is 0.414. The number of carbonyl (C=O) groups is 2. The number of nitrogens with zero attached hydrogens (tertiary/aromatic N) is 5. The van der Waals surface area contributed by atoms with Crippen LogP contribution in [-0.2, 0) is 9.59 Å². The Kier molecular flexibility index (Phi) is 20.1. The highest BCUT2D eigenvalue weighted by Crippen LogP contribution is 2.16. The molecule has 0 unspecified atom stereocenters. The van der Waals surface area contributed by atoms with Gasteiger partial charge in [-0.25, -0.2) is 9.97 Å². The van der Waals surface area contributed by atoms with Crippen molar-refractivity contribution in [3.63, 3.8) is 0 Å². The summed E-state index contributed by atoms with van der Waals surface area (Å²) in [6.45, 7) is 11.2. The van der Waals surface area contributed by atoms with Crippen molar-refractivity contribution in [3.05, 3.63) is 61.3 Å². The van der Waals surface area contributed by atoms with Crippen LogP contribution >= 0.6 is 0 Å². The van der Waals surface area contributed by atoms with Crippen LogP contribution in [-0.4, -0.2) is 95.6 Å². The first-order valence-corrected chi connectivity index (χ1v) is 13.2. The van der Waals surface area contributed by atoms with Gasteiger partial charge in [-0.15, -0.1) is 13.2 Å². The van der Waals surface area contributed by atoms with Crippen molar-refractivity contribution in [1.82, 2.24) is 30.1 Å². The zero-order valence-corrected chi connectivity index (χ0v) is 24.7. The van der Waals surface area contributed by atoms with Gasteiger partial charge in [-0.05, 0) is 32.6 Å². The molecule has 0 radical (unpaired) electrons. The van der Waals surface area contributed by atoms with Crippen molar-refractivity contribution in [2.24, 2.45) is 0 Å². The van der Waals surface area contributed by atoms with E-state index in [1.807, 2.05) is 32.8 Å². The predicted octanol–water partition coefficient (Wildman–Crippen LogP) is 3.30. The second-order valence-electron chi connectivity index (χ2n) is 8.22. The summed E-state index contributed by atoms with van der Waals surface area (Å²) >= 11 is 0. The van der Waals surface area contributed by atoms with Gasteiger partial charge in [0.15, 0.2) is 0 Å². The van der Waals surface area contributed by atoms with Crippen molar-refractivity contribution in [3.8, 4) is 11.8 Å². The molecule has 41 heavy (non-hydrogen) atoms. The van der Waals surface area contributed by atoms with Gasteiger partial charge in [0.05, 0.1) is 36.8 Å². The van der Waals surface area contributed by atoms with Crippen LogP contribution in [0.15, 0.2) is 49.8 Å². The number of halogens is 1. The van der Waals surface area contributed by atoms with Crippen LogP contribution in [0, 0.1) is 17.8 Å². The van der Waals surface area contributed by atoms with E-state index in [9.17, 15) is 14.0 Å². The Bertz CT molecular complexity index is 1140. The van der Waals surface area contributed by atoms with Gasteiger partial charge in [0, 0.05) is 42.0 Å². The number of aliphatic hydroxyl groups is 1. The topological polar surface area (TPSA) is 136 Å². The number of hydrogen-bond acceptors (Lipinski definition) is 9. The molecule has 2 aromatic rings. The quantitative estimate of drug-likeness (QED) is 0.0934. The number of unbranched alkanes of at least 4 members (excludes halogenated alkanes) is 1. The summed E-state index contributed by atoms with van der Waals surface area (Å²) in [5.74, 6) is 5.66. The van der Waals surface area contributed by atoms with E-state index in [0.29, 0.717) is 43.0 Å². The lowest BCUT2D eigenvalue weighted by Gasteiger charge is -2.14. The summed E-state index contributed by atoms with van der Waals surface area (Å²) in [5, 5.41) is 17.9. The first-order valence-electron chi connectivity index (χ1n) is 13.2. The minimum absolute atomic E-state index is 0. The van der Waals surface area contributed by atoms with Crippen LogP contribution in [0.5, 0.6) is 0 Å². The van der Waals surface area contributed by atoms with E-state index in [1.165, 1.54) is 29.3 Å². The first kappa shape index (κ1) is 36.7. The molecular weight excluding hydrogens is 527 g/mol. The summed E-state index contributed by atoms with van der Waals surface area (Å²) in [6, 6.07) is 2.73. The standard InChI is InChI=1S/C25H33FN8O3.C2H6.C2H4.2H2/c1-33(2)14-7-9-23(37)34(3)18-22(36)27-12-6-4-5-8-19-16-30-25(32-24(19)28-13-15-35)31-20-10-11-21(26)29-17-20;2*1-2;;/h7,9-11,16-17,35H,4,6,12-15,18H2,1-3H3,(H,27,36)(H2,28,30,31,32);1-2H3;1-2H2;2*1H/b9-7+;;;;. The average molecular weight is 575 g/mol. The zero-order chi connectivity index (χ0) is 31.0. The normalized spacial score (nSPS) is 9.85. The highest BCUT2D eigenvalue weighted by molar-refractivity contribution is 5.91. The molecule has 0 bridgehead atoms. The number of amides is 2. The van der Waals surface area contributed by atoms with Gasteiger partial charge in [-0.1, -0.05) is 31.8 Å². The largest absolute Gasteiger partial charge is 0.395 e. The lowest BCUT2D eigenvalue weighted by atomic mass is 10.2. The molecule has 0 aliphatic heterocycles. The molecule has 0 spiro atoms. The maximum atomic E-state index is 13.0. The molecule has 2 heterocycles.